The van der Waals surface area contributed by atoms with Gasteiger partial charge in [0.15, 0.2) is 11.4 Å². The molecule has 8 bridgehead atoms. The number of rotatable bonds is 6. The van der Waals surface area contributed by atoms with Crippen molar-refractivity contribution >= 4 is 29.1 Å². The van der Waals surface area contributed by atoms with E-state index < -0.39 is 17.5 Å². The molecule has 0 aromatic rings. The fourth-order valence-electron chi connectivity index (χ4n) is 5.19. The lowest BCUT2D eigenvalue weighted by Gasteiger charge is -2.18. The standard InChI is InChI=1S/C30H30N4O6/c1-14-9-17-10-26-30(4,40)29(39)25(34-26)12-22-16(3)19(6-8-28(37)38)24(33-22)13-23-18(5-7-27(35)36)15(2)21(32-23)11-20(14)31-17/h9-13,34,39-40H,5-8H2,1-4H3,(H,35,36)(H,37,38). The SMILES string of the molecule is CC1=CC2=NC1=CC1=NC(=CC3=NC(=CC4=C(O)C(C)(O)C(=C2)N4)C(C)=C3CCC(=O)O)C(CCC(=O)O)=C1C. The first-order chi connectivity index (χ1) is 18.8. The van der Waals surface area contributed by atoms with Gasteiger partial charge in [-0.2, -0.15) is 0 Å². The zero-order valence-corrected chi connectivity index (χ0v) is 22.7. The van der Waals surface area contributed by atoms with E-state index in [1.807, 2.05) is 32.9 Å². The van der Waals surface area contributed by atoms with Crippen molar-refractivity contribution < 1.29 is 30.0 Å². The van der Waals surface area contributed by atoms with Gasteiger partial charge in [-0.25, -0.2) is 15.0 Å². The summed E-state index contributed by atoms with van der Waals surface area (Å²) in [5.74, 6) is -2.14. The highest BCUT2D eigenvalue weighted by Gasteiger charge is 2.40. The molecule has 10 nitrogen and oxygen atoms in total. The molecule has 5 aliphatic heterocycles. The lowest BCUT2D eigenvalue weighted by atomic mass is 9.96. The minimum Gasteiger partial charge on any atom is -0.507 e. The van der Waals surface area contributed by atoms with Gasteiger partial charge in [-0.1, -0.05) is 0 Å². The number of aliphatic hydroxyl groups excluding tert-OH is 1. The van der Waals surface area contributed by atoms with Gasteiger partial charge in [0.05, 0.1) is 45.6 Å². The molecule has 0 aliphatic carbocycles. The van der Waals surface area contributed by atoms with E-state index in [9.17, 15) is 30.0 Å². The van der Waals surface area contributed by atoms with Gasteiger partial charge in [0, 0.05) is 12.8 Å². The van der Waals surface area contributed by atoms with E-state index >= 15 is 0 Å². The molecule has 0 amide bonds. The Balaban J connectivity index is 1.74. The summed E-state index contributed by atoms with van der Waals surface area (Å²) in [5.41, 5.74) is 6.33. The van der Waals surface area contributed by atoms with E-state index in [1.165, 1.54) is 6.92 Å². The maximum Gasteiger partial charge on any atom is 0.303 e. The second-order valence-electron chi connectivity index (χ2n) is 10.5. The lowest BCUT2D eigenvalue weighted by molar-refractivity contribution is -0.137. The van der Waals surface area contributed by atoms with Crippen LogP contribution in [0.5, 0.6) is 0 Å². The van der Waals surface area contributed by atoms with E-state index in [2.05, 4.69) is 5.32 Å². The fourth-order valence-corrected chi connectivity index (χ4v) is 5.19. The van der Waals surface area contributed by atoms with Crippen LogP contribution in [0.15, 0.2) is 107 Å². The summed E-state index contributed by atoms with van der Waals surface area (Å²) >= 11 is 0. The van der Waals surface area contributed by atoms with Crippen LogP contribution in [-0.2, 0) is 9.59 Å². The normalized spacial score (nSPS) is 23.7. The molecule has 10 heteroatoms. The molecule has 0 radical (unpaired) electrons. The summed E-state index contributed by atoms with van der Waals surface area (Å²) < 4.78 is 0. The number of carboxylic acids is 2. The van der Waals surface area contributed by atoms with Gasteiger partial charge in [-0.15, -0.1) is 0 Å². The summed E-state index contributed by atoms with van der Waals surface area (Å²) in [4.78, 5) is 37.2. The smallest absolute Gasteiger partial charge is 0.303 e. The van der Waals surface area contributed by atoms with E-state index in [0.29, 0.717) is 45.5 Å². The average molecular weight is 543 g/mol. The largest absolute Gasteiger partial charge is 0.507 e. The number of aliphatic imine (C=N–C) groups is 3. The Labute approximate surface area is 231 Å². The van der Waals surface area contributed by atoms with Gasteiger partial charge in [0.25, 0.3) is 0 Å². The number of aliphatic carboxylic acids is 2. The van der Waals surface area contributed by atoms with Gasteiger partial charge in [0.1, 0.15) is 0 Å². The zero-order valence-electron chi connectivity index (χ0n) is 22.7. The quantitative estimate of drug-likeness (QED) is 0.333. The monoisotopic (exact) mass is 542 g/mol. The molecular formula is C30H30N4O6. The Bertz CT molecular complexity index is 1620. The van der Waals surface area contributed by atoms with Gasteiger partial charge in [0.2, 0.25) is 0 Å². The topological polar surface area (TPSA) is 164 Å². The predicted molar refractivity (Wildman–Crippen MR) is 151 cm³/mol. The number of nitrogens with zero attached hydrogens (tertiary/aromatic N) is 3. The second kappa shape index (κ2) is 9.87. The number of hydrogen-bond donors (Lipinski definition) is 5. The highest BCUT2D eigenvalue weighted by Crippen LogP contribution is 2.38. The van der Waals surface area contributed by atoms with Gasteiger partial charge >= 0.3 is 11.9 Å². The van der Waals surface area contributed by atoms with Gasteiger partial charge in [-0.05, 0) is 98.8 Å². The molecule has 5 rings (SSSR count). The zero-order chi connectivity index (χ0) is 28.9. The maximum atomic E-state index is 11.4. The predicted octanol–water partition coefficient (Wildman–Crippen LogP) is 4.33. The van der Waals surface area contributed by atoms with Crippen LogP contribution in [0.1, 0.15) is 53.4 Å². The van der Waals surface area contributed by atoms with Crippen molar-refractivity contribution in [2.75, 3.05) is 0 Å². The van der Waals surface area contributed by atoms with Crippen LogP contribution in [0.2, 0.25) is 0 Å². The Kier molecular flexibility index (Phi) is 6.67. The average Bonchev–Trinajstić information content (AvgIpc) is 3.52. The van der Waals surface area contributed by atoms with Crippen LogP contribution in [0.4, 0.5) is 0 Å². The molecule has 0 fully saturated rings. The second-order valence-corrected chi connectivity index (χ2v) is 10.5. The number of carbonyl (C=O) groups is 2. The Hall–Kier alpha value is -4.57. The minimum atomic E-state index is -1.69. The summed E-state index contributed by atoms with van der Waals surface area (Å²) in [6.45, 7) is 7.12. The molecule has 1 unspecified atom stereocenters. The molecule has 0 saturated heterocycles. The first-order valence-electron chi connectivity index (χ1n) is 12.9. The van der Waals surface area contributed by atoms with E-state index in [4.69, 9.17) is 15.0 Å². The van der Waals surface area contributed by atoms with Crippen molar-refractivity contribution in [2.24, 2.45) is 15.0 Å². The Morgan fingerprint density at radius 3 is 2.10 bits per heavy atom. The molecule has 0 spiro atoms. The lowest BCUT2D eigenvalue weighted by Crippen LogP contribution is -2.29. The van der Waals surface area contributed by atoms with Gasteiger partial charge < -0.3 is 25.7 Å². The van der Waals surface area contributed by atoms with Crippen molar-refractivity contribution in [1.82, 2.24) is 5.32 Å². The number of carboxylic acid groups (broad SMARTS) is 2. The first kappa shape index (κ1) is 27.0. The van der Waals surface area contributed by atoms with Crippen LogP contribution in [0, 0.1) is 0 Å². The number of fused-ring (bicyclic) bond motifs is 5. The van der Waals surface area contributed by atoms with Crippen molar-refractivity contribution in [2.45, 2.75) is 59.0 Å². The maximum absolute atomic E-state index is 11.4. The molecule has 206 valence electrons. The Morgan fingerprint density at radius 1 is 0.800 bits per heavy atom. The number of hydrogen-bond acceptors (Lipinski definition) is 8. The van der Waals surface area contributed by atoms with E-state index in [-0.39, 0.29) is 37.1 Å². The van der Waals surface area contributed by atoms with Crippen LogP contribution in [0.3, 0.4) is 0 Å². The van der Waals surface area contributed by atoms with Gasteiger partial charge in [-0.3, -0.25) is 9.59 Å². The molecule has 5 aliphatic rings. The third kappa shape index (κ3) is 4.82. The third-order valence-electron chi connectivity index (χ3n) is 7.60. The van der Waals surface area contributed by atoms with Crippen molar-refractivity contribution in [3.05, 3.63) is 92.5 Å². The molecule has 5 heterocycles. The number of allylic oxidation sites excluding steroid dienone is 10. The molecule has 0 saturated carbocycles. The van der Waals surface area contributed by atoms with Crippen LogP contribution in [0.25, 0.3) is 0 Å². The van der Waals surface area contributed by atoms with Crippen LogP contribution < -0.4 is 5.32 Å². The van der Waals surface area contributed by atoms with E-state index in [1.54, 1.807) is 18.2 Å². The first-order valence-corrected chi connectivity index (χ1v) is 12.9. The van der Waals surface area contributed by atoms with E-state index in [0.717, 1.165) is 22.3 Å². The van der Waals surface area contributed by atoms with Crippen LogP contribution >= 0.6 is 0 Å². The molecule has 1 atom stereocenters. The summed E-state index contributed by atoms with van der Waals surface area (Å²) in [6, 6.07) is 0. The third-order valence-corrected chi connectivity index (χ3v) is 7.60. The highest BCUT2D eigenvalue weighted by molar-refractivity contribution is 6.17. The van der Waals surface area contributed by atoms with Crippen molar-refractivity contribution in [3.63, 3.8) is 0 Å². The highest BCUT2D eigenvalue weighted by atomic mass is 16.4. The minimum absolute atomic E-state index is 0.0738. The number of nitrogens with one attached hydrogen (secondary N) is 1. The summed E-state index contributed by atoms with van der Waals surface area (Å²) in [6.07, 6.45) is 9.08. The number of aliphatic hydroxyl groups is 2. The van der Waals surface area contributed by atoms with Crippen molar-refractivity contribution in [3.8, 4) is 0 Å². The molecule has 0 aromatic heterocycles. The molecule has 0 aromatic carbocycles. The molecule has 40 heavy (non-hydrogen) atoms. The summed E-state index contributed by atoms with van der Waals surface area (Å²) in [7, 11) is 0. The molecular weight excluding hydrogens is 512 g/mol. The molecule has 5 N–H and O–H groups in total. The fraction of sp³-hybridized carbons (Fsp3) is 0.300. The van der Waals surface area contributed by atoms with Crippen molar-refractivity contribution in [1.29, 1.82) is 0 Å². The Morgan fingerprint density at radius 2 is 1.43 bits per heavy atom. The van der Waals surface area contributed by atoms with Crippen LogP contribution in [-0.4, -0.2) is 55.1 Å². The summed E-state index contributed by atoms with van der Waals surface area (Å²) in [5, 5.41) is 43.9.